The van der Waals surface area contributed by atoms with Crippen molar-refractivity contribution in [1.82, 2.24) is 19.6 Å². The van der Waals surface area contributed by atoms with E-state index in [2.05, 4.69) is 15.1 Å². The van der Waals surface area contributed by atoms with Gasteiger partial charge in [0.15, 0.2) is 0 Å². The molecule has 0 saturated carbocycles. The third-order valence-corrected chi connectivity index (χ3v) is 10.8. The van der Waals surface area contributed by atoms with Crippen molar-refractivity contribution in [3.8, 4) is 0 Å². The van der Waals surface area contributed by atoms with Crippen molar-refractivity contribution >= 4 is 29.2 Å². The maximum Gasteiger partial charge on any atom is 0.335 e. The summed E-state index contributed by atoms with van der Waals surface area (Å²) in [6, 6.07) is 11.9. The Balaban J connectivity index is 1.11. The summed E-state index contributed by atoms with van der Waals surface area (Å²) in [6.45, 7) is 10.2. The number of hydrogen-bond acceptors (Lipinski definition) is 6. The molecule has 0 unspecified atom stereocenters. The molecular weight excluding hydrogens is 578 g/mol. The molecule has 4 saturated heterocycles. The number of carbonyl (C=O) groups is 3. The molecule has 248 valence electrons. The highest BCUT2D eigenvalue weighted by Gasteiger charge is 2.28. The zero-order valence-corrected chi connectivity index (χ0v) is 27.3. The lowest BCUT2D eigenvalue weighted by Gasteiger charge is -2.34. The number of anilines is 2. The number of rotatable bonds is 11. The highest BCUT2D eigenvalue weighted by molar-refractivity contribution is 6.03. The Hall–Kier alpha value is -3.43. The van der Waals surface area contributed by atoms with Crippen LogP contribution in [0.4, 0.5) is 11.4 Å². The number of carboxylic acids is 1. The van der Waals surface area contributed by atoms with Crippen molar-refractivity contribution in [2.45, 2.75) is 64.2 Å². The van der Waals surface area contributed by atoms with E-state index in [0.29, 0.717) is 34.3 Å². The summed E-state index contributed by atoms with van der Waals surface area (Å²) < 4.78 is 0. The molecule has 0 aliphatic carbocycles. The van der Waals surface area contributed by atoms with E-state index in [4.69, 9.17) is 0 Å². The van der Waals surface area contributed by atoms with Crippen molar-refractivity contribution in [3.05, 3.63) is 59.2 Å². The van der Waals surface area contributed by atoms with Gasteiger partial charge in [-0.2, -0.15) is 0 Å². The van der Waals surface area contributed by atoms with Gasteiger partial charge >= 0.3 is 5.97 Å². The van der Waals surface area contributed by atoms with Crippen LogP contribution in [-0.4, -0.2) is 108 Å². The first-order chi connectivity index (χ1) is 22.4. The molecule has 46 heavy (non-hydrogen) atoms. The number of aromatic carboxylic acids is 1. The van der Waals surface area contributed by atoms with Gasteiger partial charge in [0.05, 0.1) is 16.8 Å². The van der Waals surface area contributed by atoms with Gasteiger partial charge in [-0.25, -0.2) is 4.79 Å². The van der Waals surface area contributed by atoms with Crippen LogP contribution in [0.3, 0.4) is 0 Å². The van der Waals surface area contributed by atoms with Crippen molar-refractivity contribution < 1.29 is 19.5 Å². The summed E-state index contributed by atoms with van der Waals surface area (Å²) in [6.07, 6.45) is 11.8. The average molecular weight is 630 g/mol. The number of nitrogens with zero attached hydrogens (tertiary/aromatic N) is 4. The van der Waals surface area contributed by atoms with Crippen molar-refractivity contribution in [2.75, 3.05) is 70.8 Å². The maximum atomic E-state index is 13.9. The minimum Gasteiger partial charge on any atom is -0.478 e. The van der Waals surface area contributed by atoms with Gasteiger partial charge in [0.1, 0.15) is 0 Å². The Kier molecular flexibility index (Phi) is 10.9. The third kappa shape index (κ3) is 8.28. The fourth-order valence-corrected chi connectivity index (χ4v) is 7.76. The molecule has 0 aromatic heterocycles. The van der Waals surface area contributed by atoms with Crippen LogP contribution in [0.15, 0.2) is 42.5 Å². The molecule has 2 aromatic rings. The first-order valence-electron chi connectivity index (χ1n) is 17.7. The standard InChI is InChI=1S/C37H51N5O4/c43-35(41-23-13-28(14-24-41)11-21-39-17-1-2-18-39)31-7-10-33(34(27-31)38-32-8-5-30(6-9-32)37(45)46)36(44)42-25-15-29(16-26-42)12-22-40-19-3-4-20-40/h5-10,27-29,38H,1-4,11-26H2,(H,45,46). The molecule has 9 nitrogen and oxygen atoms in total. The minimum atomic E-state index is -0.987. The zero-order valence-electron chi connectivity index (χ0n) is 27.3. The first kappa shape index (κ1) is 32.5. The lowest BCUT2D eigenvalue weighted by molar-refractivity contribution is 0.0671. The van der Waals surface area contributed by atoms with E-state index < -0.39 is 5.97 Å². The molecular formula is C37H51N5O4. The van der Waals surface area contributed by atoms with Crippen LogP contribution in [0.5, 0.6) is 0 Å². The maximum absolute atomic E-state index is 13.9. The van der Waals surface area contributed by atoms with E-state index in [1.165, 1.54) is 77.8 Å². The largest absolute Gasteiger partial charge is 0.478 e. The monoisotopic (exact) mass is 629 g/mol. The van der Waals surface area contributed by atoms with E-state index in [9.17, 15) is 19.5 Å². The normalized spacial score (nSPS) is 20.3. The van der Waals surface area contributed by atoms with E-state index in [1.807, 2.05) is 15.9 Å². The summed E-state index contributed by atoms with van der Waals surface area (Å²) in [5.41, 5.74) is 2.55. The predicted octanol–water partition coefficient (Wildman–Crippen LogP) is 5.80. The zero-order chi connectivity index (χ0) is 31.9. The van der Waals surface area contributed by atoms with Crippen LogP contribution in [0.1, 0.15) is 95.3 Å². The number of piperidine rings is 2. The number of benzene rings is 2. The fraction of sp³-hybridized carbons (Fsp3) is 0.595. The van der Waals surface area contributed by atoms with Gasteiger partial charge in [-0.1, -0.05) is 0 Å². The van der Waals surface area contributed by atoms with Crippen LogP contribution in [-0.2, 0) is 0 Å². The van der Waals surface area contributed by atoms with Crippen LogP contribution in [0, 0.1) is 11.8 Å². The number of carboxylic acid groups (broad SMARTS) is 1. The Labute approximate surface area is 273 Å². The highest BCUT2D eigenvalue weighted by atomic mass is 16.4. The van der Waals surface area contributed by atoms with Crippen molar-refractivity contribution in [1.29, 1.82) is 0 Å². The minimum absolute atomic E-state index is 0.0000775. The first-order valence-corrected chi connectivity index (χ1v) is 17.7. The van der Waals surface area contributed by atoms with Crippen LogP contribution >= 0.6 is 0 Å². The molecule has 6 rings (SSSR count). The number of carbonyl (C=O) groups excluding carboxylic acids is 2. The van der Waals surface area contributed by atoms with Gasteiger partial charge in [-0.3, -0.25) is 9.59 Å². The van der Waals surface area contributed by atoms with E-state index in [-0.39, 0.29) is 17.4 Å². The third-order valence-electron chi connectivity index (χ3n) is 10.8. The number of nitrogens with one attached hydrogen (secondary N) is 1. The molecule has 2 amide bonds. The lowest BCUT2D eigenvalue weighted by Crippen LogP contribution is -2.40. The molecule has 0 bridgehead atoms. The molecule has 4 heterocycles. The molecule has 4 aliphatic heterocycles. The molecule has 2 N–H and O–H groups in total. The summed E-state index contributed by atoms with van der Waals surface area (Å²) in [4.78, 5) is 48.0. The second kappa shape index (κ2) is 15.4. The van der Waals surface area contributed by atoms with Crippen molar-refractivity contribution in [2.24, 2.45) is 11.8 Å². The van der Waals surface area contributed by atoms with Crippen LogP contribution in [0.2, 0.25) is 0 Å². The Morgan fingerprint density at radius 2 is 1.11 bits per heavy atom. The van der Waals surface area contributed by atoms with Gasteiger partial charge in [-0.05, 0) is 158 Å². The average Bonchev–Trinajstić information content (AvgIpc) is 3.82. The van der Waals surface area contributed by atoms with Gasteiger partial charge < -0.3 is 30.0 Å². The SMILES string of the molecule is O=C(O)c1ccc(Nc2cc(C(=O)N3CCC(CCN4CCCC4)CC3)ccc2C(=O)N2CCC(CCN3CCCC3)CC2)cc1. The summed E-state index contributed by atoms with van der Waals surface area (Å²) in [7, 11) is 0. The van der Waals surface area contributed by atoms with Crippen LogP contribution < -0.4 is 5.32 Å². The molecule has 2 aromatic carbocycles. The van der Waals surface area contributed by atoms with E-state index in [0.717, 1.165) is 51.9 Å². The number of amides is 2. The second-order valence-electron chi connectivity index (χ2n) is 13.9. The fourth-order valence-electron chi connectivity index (χ4n) is 7.76. The van der Waals surface area contributed by atoms with Gasteiger partial charge in [0, 0.05) is 37.4 Å². The summed E-state index contributed by atoms with van der Waals surface area (Å²) >= 11 is 0. The molecule has 4 aliphatic rings. The topological polar surface area (TPSA) is 96.4 Å². The van der Waals surface area contributed by atoms with E-state index in [1.54, 1.807) is 36.4 Å². The highest BCUT2D eigenvalue weighted by Crippen LogP contribution is 2.29. The number of hydrogen-bond donors (Lipinski definition) is 2. The molecule has 0 spiro atoms. The Bertz CT molecular complexity index is 1340. The van der Waals surface area contributed by atoms with Gasteiger partial charge in [0.25, 0.3) is 11.8 Å². The van der Waals surface area contributed by atoms with E-state index >= 15 is 0 Å². The van der Waals surface area contributed by atoms with Crippen molar-refractivity contribution in [3.63, 3.8) is 0 Å². The summed E-state index contributed by atoms with van der Waals surface area (Å²) in [5.74, 6) is 0.304. The molecule has 4 fully saturated rings. The molecule has 9 heteroatoms. The van der Waals surface area contributed by atoms with Gasteiger partial charge in [0.2, 0.25) is 0 Å². The smallest absolute Gasteiger partial charge is 0.335 e. The Morgan fingerprint density at radius 3 is 1.61 bits per heavy atom. The quantitative estimate of drug-likeness (QED) is 0.324. The molecule has 0 radical (unpaired) electrons. The molecule has 0 atom stereocenters. The Morgan fingerprint density at radius 1 is 0.630 bits per heavy atom. The number of likely N-dealkylation sites (tertiary alicyclic amines) is 4. The lowest BCUT2D eigenvalue weighted by atomic mass is 9.92. The summed E-state index contributed by atoms with van der Waals surface area (Å²) in [5, 5.41) is 12.7. The van der Waals surface area contributed by atoms with Gasteiger partial charge in [-0.15, -0.1) is 0 Å². The second-order valence-corrected chi connectivity index (χ2v) is 13.9. The predicted molar refractivity (Wildman–Crippen MR) is 181 cm³/mol. The van der Waals surface area contributed by atoms with Crippen LogP contribution in [0.25, 0.3) is 0 Å².